The molecule has 0 aliphatic heterocycles. The number of nitrogens with one attached hydrogen (secondary N) is 2. The Kier molecular flexibility index (Phi) is 6.38. The highest BCUT2D eigenvalue weighted by molar-refractivity contribution is 6.30. The number of ether oxygens (including phenoxy) is 2. The Morgan fingerprint density at radius 2 is 1.74 bits per heavy atom. The van der Waals surface area contributed by atoms with Crippen molar-refractivity contribution in [3.63, 3.8) is 0 Å². The molecule has 0 aliphatic rings. The zero-order valence-electron chi connectivity index (χ0n) is 13.3. The highest BCUT2D eigenvalue weighted by Gasteiger charge is 2.34. The van der Waals surface area contributed by atoms with E-state index in [-0.39, 0.29) is 0 Å². The van der Waals surface area contributed by atoms with E-state index >= 15 is 0 Å². The van der Waals surface area contributed by atoms with Crippen LogP contribution in [-0.2, 0) is 14.3 Å². The molecule has 0 spiro atoms. The zero-order valence-corrected chi connectivity index (χ0v) is 14.1. The van der Waals surface area contributed by atoms with Crippen LogP contribution >= 0.6 is 11.6 Å². The average Bonchev–Trinajstić information content (AvgIpc) is 2.48. The van der Waals surface area contributed by atoms with E-state index in [1.807, 2.05) is 5.32 Å². The number of imide groups is 1. The molecule has 1 aromatic carbocycles. The minimum absolute atomic E-state index is 0.429. The quantitative estimate of drug-likeness (QED) is 0.797. The van der Waals surface area contributed by atoms with Gasteiger partial charge in [0.25, 0.3) is 5.91 Å². The van der Waals surface area contributed by atoms with Gasteiger partial charge < -0.3 is 14.8 Å². The molecular weight excluding hydrogens is 324 g/mol. The molecule has 0 heterocycles. The smallest absolute Gasteiger partial charge is 0.350 e. The second-order valence-corrected chi connectivity index (χ2v) is 5.62. The molecule has 23 heavy (non-hydrogen) atoms. The van der Waals surface area contributed by atoms with E-state index in [4.69, 9.17) is 21.1 Å². The predicted octanol–water partition coefficient (Wildman–Crippen LogP) is 1.88. The van der Waals surface area contributed by atoms with Gasteiger partial charge in [0.15, 0.2) is 11.7 Å². The number of esters is 1. The largest absolute Gasteiger partial charge is 0.476 e. The Labute approximate surface area is 139 Å². The molecular formula is C15H19ClN2O5. The summed E-state index contributed by atoms with van der Waals surface area (Å²) >= 11 is 5.78. The van der Waals surface area contributed by atoms with Gasteiger partial charge in [-0.2, -0.15) is 0 Å². The van der Waals surface area contributed by atoms with E-state index in [2.05, 4.69) is 5.32 Å². The number of benzene rings is 1. The molecule has 0 saturated heterocycles. The fraction of sp³-hybridized carbons (Fsp3) is 0.400. The molecule has 0 radical (unpaired) electrons. The monoisotopic (exact) mass is 342 g/mol. The lowest BCUT2D eigenvalue weighted by Gasteiger charge is -2.25. The van der Waals surface area contributed by atoms with E-state index in [1.54, 1.807) is 24.3 Å². The van der Waals surface area contributed by atoms with Gasteiger partial charge in [0, 0.05) is 12.1 Å². The third-order valence-electron chi connectivity index (χ3n) is 2.80. The van der Waals surface area contributed by atoms with E-state index in [0.717, 1.165) is 0 Å². The van der Waals surface area contributed by atoms with Gasteiger partial charge in [-0.25, -0.2) is 9.59 Å². The molecule has 0 aromatic heterocycles. The number of urea groups is 1. The number of hydrogen-bond donors (Lipinski definition) is 2. The maximum absolute atomic E-state index is 12.2. The maximum atomic E-state index is 12.2. The van der Waals surface area contributed by atoms with Crippen LogP contribution in [0.3, 0.4) is 0 Å². The molecule has 1 atom stereocenters. The zero-order chi connectivity index (χ0) is 17.6. The molecule has 0 aliphatic carbocycles. The molecule has 126 valence electrons. The summed E-state index contributed by atoms with van der Waals surface area (Å²) < 4.78 is 10.6. The van der Waals surface area contributed by atoms with Gasteiger partial charge in [-0.15, -0.1) is 0 Å². The number of amides is 3. The summed E-state index contributed by atoms with van der Waals surface area (Å²) in [6.45, 7) is 4.37. The third-order valence-corrected chi connectivity index (χ3v) is 3.05. The number of hydrogen-bond acceptors (Lipinski definition) is 5. The van der Waals surface area contributed by atoms with E-state index in [1.165, 1.54) is 27.8 Å². The number of rotatable bonds is 5. The van der Waals surface area contributed by atoms with Gasteiger partial charge in [-0.3, -0.25) is 10.1 Å². The number of carbonyl (C=O) groups is 3. The van der Waals surface area contributed by atoms with Gasteiger partial charge >= 0.3 is 12.0 Å². The normalized spacial score (nSPS) is 12.0. The van der Waals surface area contributed by atoms with Gasteiger partial charge in [-0.1, -0.05) is 11.6 Å². The Morgan fingerprint density at radius 3 is 2.26 bits per heavy atom. The van der Waals surface area contributed by atoms with Crippen LogP contribution in [0.2, 0.25) is 5.02 Å². The Morgan fingerprint density at radius 1 is 1.17 bits per heavy atom. The first-order valence-electron chi connectivity index (χ1n) is 6.84. The Hall–Kier alpha value is -2.28. The molecule has 3 amide bonds. The van der Waals surface area contributed by atoms with Crippen molar-refractivity contribution in [1.29, 1.82) is 0 Å². The minimum Gasteiger partial charge on any atom is -0.476 e. The summed E-state index contributed by atoms with van der Waals surface area (Å²) in [7, 11) is 1.36. The van der Waals surface area contributed by atoms with E-state index in [0.29, 0.717) is 10.8 Å². The van der Waals surface area contributed by atoms with Crippen LogP contribution in [0.1, 0.15) is 20.8 Å². The van der Waals surface area contributed by atoms with Crippen molar-refractivity contribution in [3.8, 4) is 5.75 Å². The van der Waals surface area contributed by atoms with Crippen LogP contribution in [0.4, 0.5) is 4.79 Å². The second kappa shape index (κ2) is 7.82. The number of carbonyl (C=O) groups excluding carboxylic acids is 3. The number of halogens is 1. The van der Waals surface area contributed by atoms with Gasteiger partial charge in [0.1, 0.15) is 5.75 Å². The Bertz CT molecular complexity index is 586. The molecule has 0 saturated carbocycles. The molecule has 2 N–H and O–H groups in total. The molecule has 1 aromatic rings. The van der Waals surface area contributed by atoms with Crippen LogP contribution in [-0.4, -0.2) is 36.7 Å². The van der Waals surface area contributed by atoms with Gasteiger partial charge in [0.2, 0.25) is 0 Å². The van der Waals surface area contributed by atoms with Crippen molar-refractivity contribution in [3.05, 3.63) is 29.3 Å². The topological polar surface area (TPSA) is 93.7 Å². The van der Waals surface area contributed by atoms with Crippen molar-refractivity contribution in [2.24, 2.45) is 0 Å². The van der Waals surface area contributed by atoms with Crippen molar-refractivity contribution in [1.82, 2.24) is 10.6 Å². The summed E-state index contributed by atoms with van der Waals surface area (Å²) in [4.78, 5) is 34.9. The van der Waals surface area contributed by atoms with E-state index in [9.17, 15) is 14.4 Å². The summed E-state index contributed by atoms with van der Waals surface area (Å²) in [5, 5.41) is 4.78. The molecule has 1 rings (SSSR count). The minimum atomic E-state index is -1.32. The van der Waals surface area contributed by atoms with E-state index < -0.39 is 29.6 Å². The van der Waals surface area contributed by atoms with Crippen molar-refractivity contribution >= 4 is 29.5 Å². The predicted molar refractivity (Wildman–Crippen MR) is 84.3 cm³/mol. The Balaban J connectivity index is 2.65. The van der Waals surface area contributed by atoms with Crippen LogP contribution in [0.5, 0.6) is 5.75 Å². The average molecular weight is 343 g/mol. The molecule has 8 heteroatoms. The van der Waals surface area contributed by atoms with Crippen LogP contribution in [0.25, 0.3) is 0 Å². The van der Waals surface area contributed by atoms with Crippen LogP contribution in [0.15, 0.2) is 24.3 Å². The first kappa shape index (κ1) is 18.8. The SMILES string of the molecule is CNC(=O)NC(=O)[C@H](C)OC(=O)C(C)(C)Oc1ccc(Cl)cc1. The van der Waals surface area contributed by atoms with Crippen molar-refractivity contribution in [2.75, 3.05) is 7.05 Å². The molecule has 0 bridgehead atoms. The lowest BCUT2D eigenvalue weighted by Crippen LogP contribution is -2.47. The summed E-state index contributed by atoms with van der Waals surface area (Å²) in [5.41, 5.74) is -1.32. The van der Waals surface area contributed by atoms with Crippen LogP contribution < -0.4 is 15.4 Å². The fourth-order valence-electron chi connectivity index (χ4n) is 1.47. The maximum Gasteiger partial charge on any atom is 0.350 e. The molecule has 7 nitrogen and oxygen atoms in total. The second-order valence-electron chi connectivity index (χ2n) is 5.18. The van der Waals surface area contributed by atoms with Gasteiger partial charge in [0.05, 0.1) is 0 Å². The fourth-order valence-corrected chi connectivity index (χ4v) is 1.60. The standard InChI is InChI=1S/C15H19ClN2O5/c1-9(12(19)18-14(21)17-4)22-13(20)15(2,3)23-11-7-5-10(16)6-8-11/h5-9H,1-4H3,(H2,17,18,19,21)/t9-/m0/s1. The lowest BCUT2D eigenvalue weighted by molar-refractivity contribution is -0.167. The molecule has 0 unspecified atom stereocenters. The summed E-state index contributed by atoms with van der Waals surface area (Å²) in [5.74, 6) is -1.05. The summed E-state index contributed by atoms with van der Waals surface area (Å²) in [6, 6.07) is 5.78. The summed E-state index contributed by atoms with van der Waals surface area (Å²) in [6.07, 6.45) is -1.15. The first-order chi connectivity index (χ1) is 10.7. The lowest BCUT2D eigenvalue weighted by atomic mass is 10.1. The van der Waals surface area contributed by atoms with Gasteiger partial charge in [-0.05, 0) is 45.0 Å². The van der Waals surface area contributed by atoms with Crippen molar-refractivity contribution < 1.29 is 23.9 Å². The van der Waals surface area contributed by atoms with Crippen LogP contribution in [0, 0.1) is 0 Å². The highest BCUT2D eigenvalue weighted by Crippen LogP contribution is 2.22. The third kappa shape index (κ3) is 5.78. The highest BCUT2D eigenvalue weighted by atomic mass is 35.5. The van der Waals surface area contributed by atoms with Crippen molar-refractivity contribution in [2.45, 2.75) is 32.5 Å². The molecule has 0 fully saturated rings. The first-order valence-corrected chi connectivity index (χ1v) is 7.21.